The van der Waals surface area contributed by atoms with Gasteiger partial charge in [0.2, 0.25) is 5.91 Å². The van der Waals surface area contributed by atoms with E-state index in [2.05, 4.69) is 36.1 Å². The van der Waals surface area contributed by atoms with Gasteiger partial charge in [0.05, 0.1) is 0 Å². The van der Waals surface area contributed by atoms with E-state index in [9.17, 15) is 4.79 Å². The van der Waals surface area contributed by atoms with Gasteiger partial charge in [0.1, 0.15) is 0 Å². The van der Waals surface area contributed by atoms with Crippen molar-refractivity contribution in [1.29, 1.82) is 0 Å². The van der Waals surface area contributed by atoms with Crippen molar-refractivity contribution < 1.29 is 4.79 Å². The zero-order chi connectivity index (χ0) is 13.8. The zero-order valence-electron chi connectivity index (χ0n) is 12.2. The number of nitrogens with zero attached hydrogens (tertiary/aromatic N) is 2. The summed E-state index contributed by atoms with van der Waals surface area (Å²) in [5.74, 6) is 0.634. The first-order chi connectivity index (χ1) is 9.06. The molecule has 1 aliphatic rings. The van der Waals surface area contributed by atoms with Gasteiger partial charge < -0.3 is 9.80 Å². The highest BCUT2D eigenvalue weighted by molar-refractivity contribution is 5.81. The molecule has 0 N–H and O–H groups in total. The maximum atomic E-state index is 12.3. The fourth-order valence-corrected chi connectivity index (χ4v) is 2.09. The lowest BCUT2D eigenvalue weighted by molar-refractivity contribution is -0.133. The second-order valence-corrected chi connectivity index (χ2v) is 5.82. The molecule has 1 aromatic carbocycles. The summed E-state index contributed by atoms with van der Waals surface area (Å²) in [5, 5.41) is 0. The summed E-state index contributed by atoms with van der Waals surface area (Å²) in [4.78, 5) is 16.4. The van der Waals surface area contributed by atoms with Crippen molar-refractivity contribution in [2.75, 3.05) is 27.2 Å². The second kappa shape index (κ2) is 6.20. The van der Waals surface area contributed by atoms with E-state index in [1.807, 2.05) is 19.0 Å². The Labute approximate surface area is 116 Å². The molecule has 1 saturated carbocycles. The number of aryl methyl sites for hydroxylation is 1. The lowest BCUT2D eigenvalue weighted by Gasteiger charge is -2.24. The number of carbonyl (C=O) groups is 1. The van der Waals surface area contributed by atoms with Crippen LogP contribution in [0.15, 0.2) is 24.3 Å². The molecule has 1 aliphatic carbocycles. The Morgan fingerprint density at radius 3 is 2.32 bits per heavy atom. The summed E-state index contributed by atoms with van der Waals surface area (Å²) >= 11 is 0. The summed E-state index contributed by atoms with van der Waals surface area (Å²) in [6.07, 6.45) is 2.15. The average Bonchev–Trinajstić information content (AvgIpc) is 3.20. The predicted molar refractivity (Wildman–Crippen MR) is 77.9 cm³/mol. The third-order valence-corrected chi connectivity index (χ3v) is 3.55. The van der Waals surface area contributed by atoms with Crippen molar-refractivity contribution in [1.82, 2.24) is 9.80 Å². The average molecular weight is 260 g/mol. The van der Waals surface area contributed by atoms with E-state index < -0.39 is 0 Å². The largest absolute Gasteiger partial charge is 0.337 e. The molecule has 2 rings (SSSR count). The highest BCUT2D eigenvalue weighted by Crippen LogP contribution is 2.31. The lowest BCUT2D eigenvalue weighted by Crippen LogP contribution is -2.37. The van der Waals surface area contributed by atoms with Crippen LogP contribution in [0.25, 0.3) is 0 Å². The number of amides is 1. The Bertz CT molecular complexity index is 421. The minimum Gasteiger partial charge on any atom is -0.337 e. The van der Waals surface area contributed by atoms with Crippen LogP contribution in [-0.4, -0.2) is 42.9 Å². The molecular formula is C16H24N2O. The molecule has 0 aromatic heterocycles. The van der Waals surface area contributed by atoms with Gasteiger partial charge in [0.25, 0.3) is 0 Å². The van der Waals surface area contributed by atoms with Gasteiger partial charge in [-0.1, -0.05) is 29.8 Å². The Kier molecular flexibility index (Phi) is 4.59. The van der Waals surface area contributed by atoms with Crippen LogP contribution in [0.1, 0.15) is 24.0 Å². The normalized spacial score (nSPS) is 14.7. The number of likely N-dealkylation sites (N-methyl/N-ethyl adjacent to an activating group) is 1. The van der Waals surface area contributed by atoms with Crippen LogP contribution in [0.3, 0.4) is 0 Å². The molecule has 1 aromatic rings. The topological polar surface area (TPSA) is 23.6 Å². The maximum Gasteiger partial charge on any atom is 0.226 e. The molecule has 0 spiro atoms. The van der Waals surface area contributed by atoms with E-state index in [-0.39, 0.29) is 0 Å². The van der Waals surface area contributed by atoms with Gasteiger partial charge in [-0.2, -0.15) is 0 Å². The van der Waals surface area contributed by atoms with Gasteiger partial charge in [-0.25, -0.2) is 0 Å². The van der Waals surface area contributed by atoms with Crippen molar-refractivity contribution in [2.45, 2.75) is 26.3 Å². The molecular weight excluding hydrogens is 236 g/mol. The molecule has 0 bridgehead atoms. The van der Waals surface area contributed by atoms with E-state index >= 15 is 0 Å². The molecule has 0 unspecified atom stereocenters. The second-order valence-electron chi connectivity index (χ2n) is 5.82. The van der Waals surface area contributed by atoms with Gasteiger partial charge in [0.15, 0.2) is 0 Å². The van der Waals surface area contributed by atoms with Gasteiger partial charge in [-0.05, 0) is 39.4 Å². The van der Waals surface area contributed by atoms with Crippen LogP contribution in [0, 0.1) is 12.8 Å². The molecule has 3 heteroatoms. The monoisotopic (exact) mass is 260 g/mol. The highest BCUT2D eigenvalue weighted by atomic mass is 16.2. The fraction of sp³-hybridized carbons (Fsp3) is 0.562. The van der Waals surface area contributed by atoms with Crippen LogP contribution < -0.4 is 0 Å². The van der Waals surface area contributed by atoms with Crippen LogP contribution >= 0.6 is 0 Å². The van der Waals surface area contributed by atoms with Crippen molar-refractivity contribution >= 4 is 5.91 Å². The zero-order valence-corrected chi connectivity index (χ0v) is 12.2. The molecule has 19 heavy (non-hydrogen) atoms. The highest BCUT2D eigenvalue weighted by Gasteiger charge is 2.33. The molecule has 0 radical (unpaired) electrons. The molecule has 3 nitrogen and oxygen atoms in total. The smallest absolute Gasteiger partial charge is 0.226 e. The van der Waals surface area contributed by atoms with Gasteiger partial charge in [0, 0.05) is 25.6 Å². The van der Waals surface area contributed by atoms with Crippen molar-refractivity contribution in [3.05, 3.63) is 35.4 Å². The van der Waals surface area contributed by atoms with Crippen LogP contribution in [0.2, 0.25) is 0 Å². The summed E-state index contributed by atoms with van der Waals surface area (Å²) < 4.78 is 0. The summed E-state index contributed by atoms with van der Waals surface area (Å²) in [5.41, 5.74) is 2.48. The van der Waals surface area contributed by atoms with Crippen LogP contribution in [-0.2, 0) is 11.3 Å². The molecule has 0 atom stereocenters. The Morgan fingerprint density at radius 2 is 1.79 bits per heavy atom. The minimum atomic E-state index is 0.299. The number of benzene rings is 1. The number of hydrogen-bond donors (Lipinski definition) is 0. The Morgan fingerprint density at radius 1 is 1.16 bits per heavy atom. The van der Waals surface area contributed by atoms with Crippen molar-refractivity contribution in [3.63, 3.8) is 0 Å². The third kappa shape index (κ3) is 4.35. The SMILES string of the molecule is Cc1ccc(CN(CCN(C)C)C(=O)C2CC2)cc1. The molecule has 104 valence electrons. The molecule has 1 amide bonds. The standard InChI is InChI=1S/C16H24N2O/c1-13-4-6-14(7-5-13)12-18(11-10-17(2)3)16(19)15-8-9-15/h4-7,15H,8-12H2,1-3H3. The fourth-order valence-electron chi connectivity index (χ4n) is 2.09. The van der Waals surface area contributed by atoms with E-state index in [0.717, 1.165) is 32.5 Å². The molecule has 0 aliphatic heterocycles. The van der Waals surface area contributed by atoms with E-state index in [4.69, 9.17) is 0 Å². The Balaban J connectivity index is 1.99. The number of rotatable bonds is 6. The minimum absolute atomic E-state index is 0.299. The quantitative estimate of drug-likeness (QED) is 0.783. The first-order valence-corrected chi connectivity index (χ1v) is 7.05. The number of hydrogen-bond acceptors (Lipinski definition) is 2. The molecule has 1 fully saturated rings. The van der Waals surface area contributed by atoms with Crippen LogP contribution in [0.4, 0.5) is 0 Å². The first kappa shape index (κ1) is 14.1. The Hall–Kier alpha value is -1.35. The summed E-state index contributed by atoms with van der Waals surface area (Å²) in [7, 11) is 4.09. The van der Waals surface area contributed by atoms with Gasteiger partial charge in [-0.3, -0.25) is 4.79 Å². The number of carbonyl (C=O) groups excluding carboxylic acids is 1. The van der Waals surface area contributed by atoms with E-state index in [0.29, 0.717) is 11.8 Å². The molecule has 0 heterocycles. The van der Waals surface area contributed by atoms with Gasteiger partial charge in [-0.15, -0.1) is 0 Å². The van der Waals surface area contributed by atoms with Gasteiger partial charge >= 0.3 is 0 Å². The summed E-state index contributed by atoms with van der Waals surface area (Å²) in [6, 6.07) is 8.47. The predicted octanol–water partition coefficient (Wildman–Crippen LogP) is 2.30. The maximum absolute atomic E-state index is 12.3. The molecule has 0 saturated heterocycles. The van der Waals surface area contributed by atoms with Crippen molar-refractivity contribution in [2.24, 2.45) is 5.92 Å². The summed E-state index contributed by atoms with van der Waals surface area (Å²) in [6.45, 7) is 4.56. The first-order valence-electron chi connectivity index (χ1n) is 7.05. The van der Waals surface area contributed by atoms with E-state index in [1.54, 1.807) is 0 Å². The lowest BCUT2D eigenvalue weighted by atomic mass is 10.1. The van der Waals surface area contributed by atoms with Crippen molar-refractivity contribution in [3.8, 4) is 0 Å². The van der Waals surface area contributed by atoms with Crippen LogP contribution in [0.5, 0.6) is 0 Å². The third-order valence-electron chi connectivity index (χ3n) is 3.55. The van der Waals surface area contributed by atoms with E-state index in [1.165, 1.54) is 11.1 Å².